The van der Waals surface area contributed by atoms with Crippen molar-refractivity contribution in [2.24, 2.45) is 5.92 Å². The first kappa shape index (κ1) is 17.9. The molecule has 1 atom stereocenters. The lowest BCUT2D eigenvalue weighted by Crippen LogP contribution is -2.26. The minimum atomic E-state index is -1.34. The molecular weight excluding hydrogens is 363 g/mol. The highest BCUT2D eigenvalue weighted by Gasteiger charge is 2.25. The summed E-state index contributed by atoms with van der Waals surface area (Å²) in [6.45, 7) is 0.740. The van der Waals surface area contributed by atoms with Crippen molar-refractivity contribution in [1.29, 1.82) is 0 Å². The van der Waals surface area contributed by atoms with Crippen LogP contribution in [0.2, 0.25) is 0 Å². The second-order valence-corrected chi connectivity index (χ2v) is 7.84. The molecule has 1 aliphatic rings. The smallest absolute Gasteiger partial charge is 0.181 e. The maximum atomic E-state index is 14.7. The Labute approximate surface area is 160 Å². The molecule has 27 heavy (non-hydrogen) atoms. The first-order chi connectivity index (χ1) is 13.1. The van der Waals surface area contributed by atoms with Gasteiger partial charge in [0.1, 0.15) is 11.6 Å². The van der Waals surface area contributed by atoms with E-state index in [1.165, 1.54) is 31.3 Å². The summed E-state index contributed by atoms with van der Waals surface area (Å²) in [5.41, 5.74) is 7.70. The van der Waals surface area contributed by atoms with Crippen LogP contribution in [0.4, 0.5) is 10.2 Å². The zero-order valence-corrected chi connectivity index (χ0v) is 15.4. The molecule has 0 spiro atoms. The molecule has 5 nitrogen and oxygen atoms in total. The molecule has 1 unspecified atom stereocenters. The molecule has 0 amide bonds. The maximum absolute atomic E-state index is 14.7. The average Bonchev–Trinajstić information content (AvgIpc) is 3.51. The molecule has 1 heterocycles. The van der Waals surface area contributed by atoms with Crippen molar-refractivity contribution < 1.29 is 8.94 Å². The molecule has 1 aromatic heterocycles. The quantitative estimate of drug-likeness (QED) is 0.637. The van der Waals surface area contributed by atoms with Crippen LogP contribution in [0.3, 0.4) is 0 Å². The van der Waals surface area contributed by atoms with E-state index in [-0.39, 0.29) is 5.82 Å². The molecule has 3 N–H and O–H groups in total. The number of hydrogen-bond donors (Lipinski definition) is 2. The van der Waals surface area contributed by atoms with Gasteiger partial charge >= 0.3 is 0 Å². The monoisotopic (exact) mass is 382 g/mol. The van der Waals surface area contributed by atoms with Crippen LogP contribution in [-0.4, -0.2) is 21.1 Å². The van der Waals surface area contributed by atoms with Crippen molar-refractivity contribution in [1.82, 2.24) is 14.7 Å². The molecule has 138 valence electrons. The number of rotatable bonds is 6. The third-order valence-corrected chi connectivity index (χ3v) is 5.70. The van der Waals surface area contributed by atoms with E-state index in [1.807, 2.05) is 24.3 Å². The van der Waals surface area contributed by atoms with E-state index in [1.54, 1.807) is 12.1 Å². The Balaban J connectivity index is 1.63. The van der Waals surface area contributed by atoms with Crippen molar-refractivity contribution in [2.75, 3.05) is 12.3 Å². The van der Waals surface area contributed by atoms with Gasteiger partial charge in [-0.05, 0) is 48.6 Å². The Hall–Kier alpha value is -2.48. The molecule has 0 saturated heterocycles. The number of nitrogen functional groups attached to an aromatic ring is 1. The van der Waals surface area contributed by atoms with Gasteiger partial charge in [0, 0.05) is 17.7 Å². The summed E-state index contributed by atoms with van der Waals surface area (Å²) >= 11 is -1.34. The fourth-order valence-corrected chi connectivity index (χ4v) is 3.96. The summed E-state index contributed by atoms with van der Waals surface area (Å²) in [5, 5.41) is 0. The largest absolute Gasteiger partial charge is 0.593 e. The van der Waals surface area contributed by atoms with Crippen LogP contribution in [0.25, 0.3) is 22.4 Å². The van der Waals surface area contributed by atoms with Gasteiger partial charge in [-0.3, -0.25) is 4.98 Å². The van der Waals surface area contributed by atoms with E-state index in [9.17, 15) is 8.94 Å². The Morgan fingerprint density at radius 2 is 1.93 bits per heavy atom. The average molecular weight is 382 g/mol. The molecule has 1 aliphatic carbocycles. The van der Waals surface area contributed by atoms with Gasteiger partial charge in [-0.1, -0.05) is 18.2 Å². The Morgan fingerprint density at radius 3 is 2.63 bits per heavy atom. The number of nitrogens with one attached hydrogen (secondary N) is 1. The Bertz CT molecular complexity index is 947. The van der Waals surface area contributed by atoms with E-state index in [0.717, 1.165) is 12.1 Å². The summed E-state index contributed by atoms with van der Waals surface area (Å²) < 4.78 is 30.5. The highest BCUT2D eigenvalue weighted by atomic mass is 32.2. The van der Waals surface area contributed by atoms with E-state index in [2.05, 4.69) is 14.7 Å². The van der Waals surface area contributed by atoms with Crippen molar-refractivity contribution in [3.63, 3.8) is 0 Å². The van der Waals surface area contributed by atoms with Gasteiger partial charge < -0.3 is 10.3 Å². The third-order valence-electron chi connectivity index (χ3n) is 4.51. The number of aromatic nitrogens is 2. The van der Waals surface area contributed by atoms with Gasteiger partial charge in [0.2, 0.25) is 0 Å². The van der Waals surface area contributed by atoms with Gasteiger partial charge in [-0.25, -0.2) is 9.37 Å². The Morgan fingerprint density at radius 1 is 1.11 bits per heavy atom. The molecule has 4 rings (SSSR count). The van der Waals surface area contributed by atoms with Gasteiger partial charge in [0.05, 0.1) is 29.4 Å². The second kappa shape index (κ2) is 7.64. The fraction of sp³-hybridized carbons (Fsp3) is 0.200. The number of nitrogens with zero attached hydrogens (tertiary/aromatic N) is 2. The summed E-state index contributed by atoms with van der Waals surface area (Å²) in [6.07, 6.45) is 5.21. The summed E-state index contributed by atoms with van der Waals surface area (Å²) in [7, 11) is 0. The highest BCUT2D eigenvalue weighted by Crippen LogP contribution is 2.32. The standard InChI is InChI=1S/C20H19FN4OS/c21-17-9-14(7-8-16(17)18-11-24-20(22)12-23-18)15-3-1-2-4-19(15)27(26)25-10-13-5-6-13/h1-4,7-9,11-13,25H,5-6,10H2,(H2,22,24). The second-order valence-electron chi connectivity index (χ2n) is 6.58. The molecule has 1 saturated carbocycles. The van der Waals surface area contributed by atoms with E-state index < -0.39 is 17.2 Å². The predicted molar refractivity (Wildman–Crippen MR) is 104 cm³/mol. The zero-order chi connectivity index (χ0) is 18.8. The molecule has 1 fully saturated rings. The number of benzene rings is 2. The molecule has 3 aromatic rings. The van der Waals surface area contributed by atoms with Crippen LogP contribution in [-0.2, 0) is 11.4 Å². The molecule has 0 aliphatic heterocycles. The van der Waals surface area contributed by atoms with Crippen LogP contribution in [0.15, 0.2) is 59.8 Å². The van der Waals surface area contributed by atoms with Crippen molar-refractivity contribution >= 4 is 17.2 Å². The summed E-state index contributed by atoms with van der Waals surface area (Å²) in [5.74, 6) is 0.489. The van der Waals surface area contributed by atoms with Crippen LogP contribution < -0.4 is 10.5 Å². The molecule has 2 aromatic carbocycles. The number of nitrogens with two attached hydrogens (primary N) is 1. The highest BCUT2D eigenvalue weighted by molar-refractivity contribution is 7.89. The molecule has 0 radical (unpaired) electrons. The van der Waals surface area contributed by atoms with E-state index in [4.69, 9.17) is 5.73 Å². The van der Waals surface area contributed by atoms with E-state index >= 15 is 0 Å². The van der Waals surface area contributed by atoms with Crippen LogP contribution in [0.5, 0.6) is 0 Å². The minimum Gasteiger partial charge on any atom is -0.593 e. The van der Waals surface area contributed by atoms with Gasteiger partial charge in [-0.15, -0.1) is 4.72 Å². The molecular formula is C20H19FN4OS. The van der Waals surface area contributed by atoms with Gasteiger partial charge in [-0.2, -0.15) is 0 Å². The van der Waals surface area contributed by atoms with Crippen LogP contribution in [0, 0.1) is 11.7 Å². The zero-order valence-electron chi connectivity index (χ0n) is 14.6. The first-order valence-corrected chi connectivity index (χ1v) is 9.89. The number of anilines is 1. The van der Waals surface area contributed by atoms with Crippen molar-refractivity contribution in [2.45, 2.75) is 17.7 Å². The molecule has 7 heteroatoms. The van der Waals surface area contributed by atoms with Gasteiger partial charge in [0.25, 0.3) is 0 Å². The predicted octanol–water partition coefficient (Wildman–Crippen LogP) is 3.55. The lowest BCUT2D eigenvalue weighted by atomic mass is 10.0. The van der Waals surface area contributed by atoms with Crippen LogP contribution >= 0.6 is 0 Å². The van der Waals surface area contributed by atoms with Crippen LogP contribution in [0.1, 0.15) is 12.8 Å². The molecule has 0 bridgehead atoms. The van der Waals surface area contributed by atoms with E-state index in [0.29, 0.717) is 27.6 Å². The SMILES string of the molecule is Nc1cnc(-c2ccc(-c3ccccc3[S+]([O-])NCC3CC3)cc2F)cn1. The van der Waals surface area contributed by atoms with Gasteiger partial charge in [0.15, 0.2) is 4.90 Å². The maximum Gasteiger partial charge on any atom is 0.181 e. The Kier molecular flexibility index (Phi) is 5.07. The number of hydrogen-bond acceptors (Lipinski definition) is 5. The van der Waals surface area contributed by atoms with Crippen molar-refractivity contribution in [3.05, 3.63) is 60.7 Å². The summed E-state index contributed by atoms with van der Waals surface area (Å²) in [6, 6.07) is 12.2. The normalized spacial score (nSPS) is 14.9. The third kappa shape index (κ3) is 4.10. The topological polar surface area (TPSA) is 86.9 Å². The lowest BCUT2D eigenvalue weighted by Gasteiger charge is -2.14. The summed E-state index contributed by atoms with van der Waals surface area (Å²) in [4.78, 5) is 8.72. The lowest BCUT2D eigenvalue weighted by molar-refractivity contribution is 0.576. The fourth-order valence-electron chi connectivity index (χ4n) is 2.83. The first-order valence-electron chi connectivity index (χ1n) is 8.74. The van der Waals surface area contributed by atoms with Crippen molar-refractivity contribution in [3.8, 4) is 22.4 Å². The number of halogens is 1. The minimum absolute atomic E-state index is 0.283.